The van der Waals surface area contributed by atoms with Gasteiger partial charge in [0, 0.05) is 13.2 Å². The highest BCUT2D eigenvalue weighted by molar-refractivity contribution is 4.71. The van der Waals surface area contributed by atoms with Gasteiger partial charge in [-0.15, -0.1) is 0 Å². The number of ether oxygens (including phenoxy) is 1. The summed E-state index contributed by atoms with van der Waals surface area (Å²) in [6.07, 6.45) is 6.92. The zero-order valence-corrected chi connectivity index (χ0v) is 8.50. The summed E-state index contributed by atoms with van der Waals surface area (Å²) in [6.45, 7) is 5.96. The lowest BCUT2D eigenvalue weighted by Crippen LogP contribution is -2.36. The van der Waals surface area contributed by atoms with Gasteiger partial charge in [0.05, 0.1) is 6.61 Å². The second-order valence-electron chi connectivity index (χ2n) is 4.44. The SMILES string of the molecule is C1CCN(CC2CCCOC2)CC1. The number of hydrogen-bond donors (Lipinski definition) is 0. The molecule has 2 rings (SSSR count). The Balaban J connectivity index is 1.69. The van der Waals surface area contributed by atoms with Crippen LogP contribution in [0.2, 0.25) is 0 Å². The molecule has 76 valence electrons. The minimum Gasteiger partial charge on any atom is -0.381 e. The quantitative estimate of drug-likeness (QED) is 0.648. The number of likely N-dealkylation sites (tertiary alicyclic amines) is 1. The molecule has 0 aromatic heterocycles. The number of rotatable bonds is 2. The van der Waals surface area contributed by atoms with E-state index in [1.807, 2.05) is 0 Å². The van der Waals surface area contributed by atoms with Crippen LogP contribution in [0, 0.1) is 5.92 Å². The van der Waals surface area contributed by atoms with E-state index in [2.05, 4.69) is 4.90 Å². The molecule has 0 spiro atoms. The lowest BCUT2D eigenvalue weighted by atomic mass is 10.0. The highest BCUT2D eigenvalue weighted by Crippen LogP contribution is 2.17. The van der Waals surface area contributed by atoms with Crippen molar-refractivity contribution in [3.8, 4) is 0 Å². The van der Waals surface area contributed by atoms with Gasteiger partial charge in [0.1, 0.15) is 0 Å². The van der Waals surface area contributed by atoms with Gasteiger partial charge in [0.25, 0.3) is 0 Å². The van der Waals surface area contributed by atoms with Crippen LogP contribution >= 0.6 is 0 Å². The number of nitrogens with zero attached hydrogens (tertiary/aromatic N) is 1. The van der Waals surface area contributed by atoms with Crippen LogP contribution < -0.4 is 0 Å². The molecule has 2 aliphatic heterocycles. The van der Waals surface area contributed by atoms with E-state index in [1.165, 1.54) is 51.7 Å². The van der Waals surface area contributed by atoms with Crippen LogP contribution in [0.4, 0.5) is 0 Å². The fourth-order valence-corrected chi connectivity index (χ4v) is 2.46. The second-order valence-corrected chi connectivity index (χ2v) is 4.44. The summed E-state index contributed by atoms with van der Waals surface area (Å²) in [6, 6.07) is 0. The van der Waals surface area contributed by atoms with E-state index in [4.69, 9.17) is 4.74 Å². The van der Waals surface area contributed by atoms with Gasteiger partial charge in [0.2, 0.25) is 0 Å². The summed E-state index contributed by atoms with van der Waals surface area (Å²) in [5, 5.41) is 0. The summed E-state index contributed by atoms with van der Waals surface area (Å²) in [5.41, 5.74) is 0. The Morgan fingerprint density at radius 1 is 1.08 bits per heavy atom. The smallest absolute Gasteiger partial charge is 0.0506 e. The summed E-state index contributed by atoms with van der Waals surface area (Å²) < 4.78 is 5.50. The van der Waals surface area contributed by atoms with Crippen LogP contribution in [-0.4, -0.2) is 37.7 Å². The van der Waals surface area contributed by atoms with E-state index in [-0.39, 0.29) is 0 Å². The molecule has 0 aromatic rings. The summed E-state index contributed by atoms with van der Waals surface area (Å²) in [7, 11) is 0. The van der Waals surface area contributed by atoms with Crippen LogP contribution in [0.25, 0.3) is 0 Å². The molecule has 2 heterocycles. The third kappa shape index (κ3) is 2.96. The molecule has 0 saturated carbocycles. The standard InChI is InChI=1S/C11H21NO/c1-2-6-12(7-3-1)9-11-5-4-8-13-10-11/h11H,1-10H2. The van der Waals surface area contributed by atoms with E-state index < -0.39 is 0 Å². The second kappa shape index (κ2) is 4.97. The van der Waals surface area contributed by atoms with Gasteiger partial charge in [-0.3, -0.25) is 0 Å². The number of hydrogen-bond acceptors (Lipinski definition) is 2. The third-order valence-electron chi connectivity index (χ3n) is 3.22. The lowest BCUT2D eigenvalue weighted by molar-refractivity contribution is 0.0356. The van der Waals surface area contributed by atoms with E-state index in [1.54, 1.807) is 0 Å². The molecular formula is C11H21NO. The molecule has 13 heavy (non-hydrogen) atoms. The molecule has 0 aromatic carbocycles. The Kier molecular flexibility index (Phi) is 3.62. The summed E-state index contributed by atoms with van der Waals surface area (Å²) in [5.74, 6) is 0.826. The first-order valence-electron chi connectivity index (χ1n) is 5.75. The fourth-order valence-electron chi connectivity index (χ4n) is 2.46. The average Bonchev–Trinajstić information content (AvgIpc) is 2.21. The molecule has 0 N–H and O–H groups in total. The largest absolute Gasteiger partial charge is 0.381 e. The van der Waals surface area contributed by atoms with E-state index in [0.717, 1.165) is 19.1 Å². The minimum absolute atomic E-state index is 0.826. The fraction of sp³-hybridized carbons (Fsp3) is 1.00. The van der Waals surface area contributed by atoms with Gasteiger partial charge >= 0.3 is 0 Å². The minimum atomic E-state index is 0.826. The lowest BCUT2D eigenvalue weighted by Gasteiger charge is -2.32. The molecule has 2 saturated heterocycles. The Morgan fingerprint density at radius 2 is 1.92 bits per heavy atom. The van der Waals surface area contributed by atoms with Crippen molar-refractivity contribution in [1.29, 1.82) is 0 Å². The Hall–Kier alpha value is -0.0800. The number of piperidine rings is 1. The average molecular weight is 183 g/mol. The maximum Gasteiger partial charge on any atom is 0.0506 e. The molecule has 0 bridgehead atoms. The summed E-state index contributed by atoms with van der Waals surface area (Å²) in [4.78, 5) is 2.63. The Bertz CT molecular complexity index is 121. The van der Waals surface area contributed by atoms with E-state index >= 15 is 0 Å². The molecule has 1 unspecified atom stereocenters. The van der Waals surface area contributed by atoms with E-state index in [0.29, 0.717) is 0 Å². The van der Waals surface area contributed by atoms with Gasteiger partial charge in [-0.2, -0.15) is 0 Å². The van der Waals surface area contributed by atoms with Crippen molar-refractivity contribution in [2.45, 2.75) is 32.1 Å². The normalized spacial score (nSPS) is 31.8. The Labute approximate surface area is 81.3 Å². The molecule has 0 radical (unpaired) electrons. The van der Waals surface area contributed by atoms with Crippen LogP contribution in [0.1, 0.15) is 32.1 Å². The Morgan fingerprint density at radius 3 is 2.62 bits per heavy atom. The van der Waals surface area contributed by atoms with Crippen molar-refractivity contribution in [2.24, 2.45) is 5.92 Å². The van der Waals surface area contributed by atoms with Crippen molar-refractivity contribution in [1.82, 2.24) is 4.90 Å². The monoisotopic (exact) mass is 183 g/mol. The van der Waals surface area contributed by atoms with Gasteiger partial charge in [-0.25, -0.2) is 0 Å². The highest BCUT2D eigenvalue weighted by atomic mass is 16.5. The van der Waals surface area contributed by atoms with Gasteiger partial charge in [0.15, 0.2) is 0 Å². The van der Waals surface area contributed by atoms with Crippen molar-refractivity contribution < 1.29 is 4.74 Å². The van der Waals surface area contributed by atoms with Gasteiger partial charge < -0.3 is 9.64 Å². The van der Waals surface area contributed by atoms with E-state index in [9.17, 15) is 0 Å². The van der Waals surface area contributed by atoms with Gasteiger partial charge in [-0.05, 0) is 44.7 Å². The topological polar surface area (TPSA) is 12.5 Å². The molecule has 1 atom stereocenters. The predicted octanol–water partition coefficient (Wildman–Crippen LogP) is 1.90. The summed E-state index contributed by atoms with van der Waals surface area (Å²) >= 11 is 0. The molecule has 2 nitrogen and oxygen atoms in total. The third-order valence-corrected chi connectivity index (χ3v) is 3.22. The molecule has 0 amide bonds. The maximum atomic E-state index is 5.50. The van der Waals surface area contributed by atoms with Crippen LogP contribution in [0.15, 0.2) is 0 Å². The van der Waals surface area contributed by atoms with Gasteiger partial charge in [-0.1, -0.05) is 6.42 Å². The van der Waals surface area contributed by atoms with Crippen molar-refractivity contribution in [2.75, 3.05) is 32.8 Å². The van der Waals surface area contributed by atoms with Crippen molar-refractivity contribution >= 4 is 0 Å². The first-order chi connectivity index (χ1) is 6.45. The van der Waals surface area contributed by atoms with Crippen LogP contribution in [0.3, 0.4) is 0 Å². The molecule has 2 heteroatoms. The zero-order chi connectivity index (χ0) is 8.93. The molecule has 2 aliphatic rings. The predicted molar refractivity (Wildman–Crippen MR) is 53.8 cm³/mol. The van der Waals surface area contributed by atoms with Crippen LogP contribution in [-0.2, 0) is 4.74 Å². The van der Waals surface area contributed by atoms with Crippen LogP contribution in [0.5, 0.6) is 0 Å². The highest BCUT2D eigenvalue weighted by Gasteiger charge is 2.18. The zero-order valence-electron chi connectivity index (χ0n) is 8.50. The first kappa shape index (κ1) is 9.47. The first-order valence-corrected chi connectivity index (χ1v) is 5.75. The maximum absolute atomic E-state index is 5.50. The van der Waals surface area contributed by atoms with Crippen molar-refractivity contribution in [3.63, 3.8) is 0 Å². The molecular weight excluding hydrogens is 162 g/mol. The van der Waals surface area contributed by atoms with Crippen molar-refractivity contribution in [3.05, 3.63) is 0 Å². The molecule has 2 fully saturated rings. The molecule has 0 aliphatic carbocycles.